The summed E-state index contributed by atoms with van der Waals surface area (Å²) in [6, 6.07) is 0. The zero-order valence-electron chi connectivity index (χ0n) is 17.7. The summed E-state index contributed by atoms with van der Waals surface area (Å²) in [5, 5.41) is 0. The Balaban J connectivity index is 1.75. The second-order valence-corrected chi connectivity index (χ2v) is 8.47. The van der Waals surface area contributed by atoms with Gasteiger partial charge in [-0.1, -0.05) is 96.8 Å². The lowest BCUT2D eigenvalue weighted by Gasteiger charge is -2.35. The van der Waals surface area contributed by atoms with E-state index in [2.05, 4.69) is 25.7 Å². The molecule has 0 radical (unpaired) electrons. The summed E-state index contributed by atoms with van der Waals surface area (Å²) in [5.74, 6) is 0. The molecule has 25 heavy (non-hydrogen) atoms. The van der Waals surface area contributed by atoms with E-state index < -0.39 is 0 Å². The Morgan fingerprint density at radius 3 is 1.36 bits per heavy atom. The highest BCUT2D eigenvalue weighted by Crippen LogP contribution is 2.15. The number of unbranched alkanes of at least 4 members (excludes halogenated alkanes) is 14. The summed E-state index contributed by atoms with van der Waals surface area (Å²) in [5.41, 5.74) is 0. The number of ether oxygens (including phenoxy) is 1. The zero-order chi connectivity index (χ0) is 18.2. The molecule has 2 nitrogen and oxygen atoms in total. The van der Waals surface area contributed by atoms with Crippen LogP contribution >= 0.6 is 0 Å². The van der Waals surface area contributed by atoms with Gasteiger partial charge in [0.05, 0.1) is 12.2 Å². The summed E-state index contributed by atoms with van der Waals surface area (Å²) in [6.07, 6.45) is 22.5. The number of rotatable bonds is 16. The molecular weight excluding hydrogens is 306 g/mol. The van der Waals surface area contributed by atoms with E-state index in [1.54, 1.807) is 0 Å². The molecule has 0 unspecified atom stereocenters. The van der Waals surface area contributed by atoms with Crippen molar-refractivity contribution in [2.24, 2.45) is 0 Å². The zero-order valence-corrected chi connectivity index (χ0v) is 17.7. The van der Waals surface area contributed by atoms with Crippen molar-refractivity contribution in [3.8, 4) is 0 Å². The molecular formula is C23H47NO. The topological polar surface area (TPSA) is 12.5 Å². The van der Waals surface area contributed by atoms with Crippen molar-refractivity contribution in [1.29, 1.82) is 0 Å². The largest absolute Gasteiger partial charge is 0.373 e. The fraction of sp³-hybridized carbons (Fsp3) is 1.00. The first-order valence-corrected chi connectivity index (χ1v) is 11.6. The summed E-state index contributed by atoms with van der Waals surface area (Å²) in [4.78, 5) is 2.60. The Bertz CT molecular complexity index is 271. The number of morpholine rings is 1. The van der Waals surface area contributed by atoms with Gasteiger partial charge < -0.3 is 4.74 Å². The minimum Gasteiger partial charge on any atom is -0.373 e. The third-order valence-electron chi connectivity index (χ3n) is 5.57. The Hall–Kier alpha value is -0.0800. The molecule has 1 heterocycles. The third-order valence-corrected chi connectivity index (χ3v) is 5.57. The van der Waals surface area contributed by atoms with Gasteiger partial charge >= 0.3 is 0 Å². The van der Waals surface area contributed by atoms with Crippen LogP contribution in [0.3, 0.4) is 0 Å². The van der Waals surface area contributed by atoms with Gasteiger partial charge in [-0.2, -0.15) is 0 Å². The van der Waals surface area contributed by atoms with Crippen LogP contribution in [0.5, 0.6) is 0 Å². The summed E-state index contributed by atoms with van der Waals surface area (Å²) in [7, 11) is 0. The van der Waals surface area contributed by atoms with E-state index in [0.717, 1.165) is 13.1 Å². The number of hydrogen-bond donors (Lipinski definition) is 0. The maximum atomic E-state index is 5.80. The molecule has 0 N–H and O–H groups in total. The van der Waals surface area contributed by atoms with Crippen molar-refractivity contribution in [2.75, 3.05) is 19.6 Å². The Morgan fingerprint density at radius 2 is 0.960 bits per heavy atom. The normalized spacial score (nSPS) is 21.7. The van der Waals surface area contributed by atoms with E-state index in [0.29, 0.717) is 12.2 Å². The van der Waals surface area contributed by atoms with Crippen molar-refractivity contribution in [1.82, 2.24) is 4.90 Å². The molecule has 1 aliphatic rings. The van der Waals surface area contributed by atoms with Crippen LogP contribution in [-0.4, -0.2) is 36.7 Å². The first-order valence-electron chi connectivity index (χ1n) is 11.6. The van der Waals surface area contributed by atoms with Crippen molar-refractivity contribution in [3.05, 3.63) is 0 Å². The molecule has 0 aromatic carbocycles. The Morgan fingerprint density at radius 1 is 0.600 bits per heavy atom. The van der Waals surface area contributed by atoms with Crippen LogP contribution in [0.4, 0.5) is 0 Å². The van der Waals surface area contributed by atoms with E-state index in [-0.39, 0.29) is 0 Å². The van der Waals surface area contributed by atoms with Crippen LogP contribution in [0.1, 0.15) is 117 Å². The molecule has 1 rings (SSSR count). The van der Waals surface area contributed by atoms with Gasteiger partial charge in [0, 0.05) is 13.1 Å². The van der Waals surface area contributed by atoms with E-state index in [1.165, 1.54) is 103 Å². The molecule has 0 saturated carbocycles. The molecule has 0 spiro atoms. The van der Waals surface area contributed by atoms with E-state index in [4.69, 9.17) is 4.74 Å². The first-order chi connectivity index (χ1) is 12.2. The molecule has 1 fully saturated rings. The molecule has 1 aliphatic heterocycles. The van der Waals surface area contributed by atoms with Crippen LogP contribution in [0.25, 0.3) is 0 Å². The lowest BCUT2D eigenvalue weighted by molar-refractivity contribution is -0.0681. The summed E-state index contributed by atoms with van der Waals surface area (Å²) in [6.45, 7) is 10.2. The van der Waals surface area contributed by atoms with Crippen LogP contribution in [0.2, 0.25) is 0 Å². The monoisotopic (exact) mass is 353 g/mol. The van der Waals surface area contributed by atoms with Gasteiger partial charge in [0.1, 0.15) is 0 Å². The highest BCUT2D eigenvalue weighted by atomic mass is 16.5. The van der Waals surface area contributed by atoms with Crippen LogP contribution in [0.15, 0.2) is 0 Å². The fourth-order valence-electron chi connectivity index (χ4n) is 4.17. The highest BCUT2D eigenvalue weighted by molar-refractivity contribution is 4.72. The van der Waals surface area contributed by atoms with Gasteiger partial charge in [0.15, 0.2) is 0 Å². The van der Waals surface area contributed by atoms with Gasteiger partial charge in [-0.3, -0.25) is 4.90 Å². The van der Waals surface area contributed by atoms with E-state index >= 15 is 0 Å². The molecule has 2 heteroatoms. The van der Waals surface area contributed by atoms with Crippen LogP contribution in [0, 0.1) is 0 Å². The summed E-state index contributed by atoms with van der Waals surface area (Å²) >= 11 is 0. The van der Waals surface area contributed by atoms with Crippen LogP contribution in [-0.2, 0) is 4.74 Å². The predicted octanol–water partition coefficient (Wildman–Crippen LogP) is 6.97. The van der Waals surface area contributed by atoms with Gasteiger partial charge in [-0.15, -0.1) is 0 Å². The predicted molar refractivity (Wildman–Crippen MR) is 111 cm³/mol. The fourth-order valence-corrected chi connectivity index (χ4v) is 4.17. The lowest BCUT2D eigenvalue weighted by atomic mass is 10.0. The minimum absolute atomic E-state index is 0.417. The smallest absolute Gasteiger partial charge is 0.0678 e. The third kappa shape index (κ3) is 13.7. The van der Waals surface area contributed by atoms with Gasteiger partial charge in [0.2, 0.25) is 0 Å². The van der Waals surface area contributed by atoms with E-state index in [1.807, 2.05) is 0 Å². The van der Waals surface area contributed by atoms with Gasteiger partial charge in [-0.25, -0.2) is 0 Å². The molecule has 2 atom stereocenters. The molecule has 0 aliphatic carbocycles. The van der Waals surface area contributed by atoms with Gasteiger partial charge in [0.25, 0.3) is 0 Å². The molecule has 150 valence electrons. The lowest BCUT2D eigenvalue weighted by Crippen LogP contribution is -2.45. The second-order valence-electron chi connectivity index (χ2n) is 8.47. The average Bonchev–Trinajstić information content (AvgIpc) is 2.57. The second kappa shape index (κ2) is 16.1. The van der Waals surface area contributed by atoms with Crippen LogP contribution < -0.4 is 0 Å². The number of nitrogens with zero attached hydrogens (tertiary/aromatic N) is 1. The van der Waals surface area contributed by atoms with Crippen molar-refractivity contribution >= 4 is 0 Å². The molecule has 0 aromatic rings. The standard InChI is InChI=1S/C23H47NO/c1-4-5-6-7-8-9-10-11-12-13-14-15-16-17-18-19-24-20-22(2)25-23(3)21-24/h22-23H,4-21H2,1-3H3/t22-,23-/m0/s1. The van der Waals surface area contributed by atoms with Gasteiger partial charge in [-0.05, 0) is 26.8 Å². The highest BCUT2D eigenvalue weighted by Gasteiger charge is 2.21. The molecule has 0 bridgehead atoms. The van der Waals surface area contributed by atoms with E-state index in [9.17, 15) is 0 Å². The molecule has 0 aromatic heterocycles. The van der Waals surface area contributed by atoms with Crippen molar-refractivity contribution in [2.45, 2.75) is 129 Å². The molecule has 0 amide bonds. The maximum Gasteiger partial charge on any atom is 0.0678 e. The quantitative estimate of drug-likeness (QED) is 0.278. The van der Waals surface area contributed by atoms with Crippen molar-refractivity contribution in [3.63, 3.8) is 0 Å². The maximum absolute atomic E-state index is 5.80. The Labute approximate surface area is 159 Å². The van der Waals surface area contributed by atoms with Crippen molar-refractivity contribution < 1.29 is 4.74 Å². The minimum atomic E-state index is 0.417. The first kappa shape index (κ1) is 23.0. The Kier molecular flexibility index (Phi) is 14.8. The SMILES string of the molecule is CCCCCCCCCCCCCCCCCN1C[C@H](C)O[C@@H](C)C1. The summed E-state index contributed by atoms with van der Waals surface area (Å²) < 4.78 is 5.80. The number of hydrogen-bond acceptors (Lipinski definition) is 2. The molecule has 1 saturated heterocycles. The average molecular weight is 354 g/mol.